The zero-order chi connectivity index (χ0) is 10.6. The Labute approximate surface area is 90.4 Å². The summed E-state index contributed by atoms with van der Waals surface area (Å²) in [4.78, 5) is 13.2. The summed E-state index contributed by atoms with van der Waals surface area (Å²) in [5.74, 6) is 1.13. The number of halogens is 1. The highest BCUT2D eigenvalue weighted by Crippen LogP contribution is 2.23. The molecule has 0 spiro atoms. The maximum atomic E-state index is 11.3. The van der Waals surface area contributed by atoms with Gasteiger partial charge in [-0.1, -0.05) is 6.92 Å². The lowest BCUT2D eigenvalue weighted by Gasteiger charge is -2.14. The van der Waals surface area contributed by atoms with E-state index in [9.17, 15) is 4.79 Å². The van der Waals surface area contributed by atoms with Crippen LogP contribution in [0.4, 0.5) is 0 Å². The fourth-order valence-corrected chi connectivity index (χ4v) is 1.98. The third kappa shape index (κ3) is 2.85. The summed E-state index contributed by atoms with van der Waals surface area (Å²) in [6.07, 6.45) is 0. The molecule has 1 aliphatic heterocycles. The molecule has 0 N–H and O–H groups in total. The van der Waals surface area contributed by atoms with Gasteiger partial charge in [0.2, 0.25) is 5.91 Å². The zero-order valence-corrected chi connectivity index (χ0v) is 9.59. The molecular formula is C10H18ClNO2. The SMILES string of the molecule is CCOC[C@@H]1CN(C(=O)CCl)C[C@H]1C. The van der Waals surface area contributed by atoms with Crippen LogP contribution in [0.2, 0.25) is 0 Å². The molecule has 82 valence electrons. The van der Waals surface area contributed by atoms with Gasteiger partial charge in [0.15, 0.2) is 0 Å². The Kier molecular flexibility index (Phi) is 4.69. The average molecular weight is 220 g/mol. The van der Waals surface area contributed by atoms with Crippen molar-refractivity contribution in [3.8, 4) is 0 Å². The van der Waals surface area contributed by atoms with Crippen molar-refractivity contribution in [2.24, 2.45) is 11.8 Å². The summed E-state index contributed by atoms with van der Waals surface area (Å²) in [5, 5.41) is 0. The van der Waals surface area contributed by atoms with E-state index in [1.807, 2.05) is 11.8 Å². The van der Waals surface area contributed by atoms with E-state index in [0.717, 1.165) is 26.3 Å². The molecule has 1 saturated heterocycles. The van der Waals surface area contributed by atoms with Crippen LogP contribution in [0, 0.1) is 11.8 Å². The summed E-state index contributed by atoms with van der Waals surface area (Å²) >= 11 is 5.51. The molecule has 0 aromatic heterocycles. The molecule has 1 aliphatic rings. The van der Waals surface area contributed by atoms with Gasteiger partial charge in [0, 0.05) is 25.6 Å². The van der Waals surface area contributed by atoms with Crippen molar-refractivity contribution in [3.63, 3.8) is 0 Å². The molecule has 1 heterocycles. The third-order valence-electron chi connectivity index (χ3n) is 2.77. The number of hydrogen-bond acceptors (Lipinski definition) is 2. The number of ether oxygens (including phenoxy) is 1. The van der Waals surface area contributed by atoms with Crippen LogP contribution in [0.1, 0.15) is 13.8 Å². The zero-order valence-electron chi connectivity index (χ0n) is 8.83. The molecule has 4 heteroatoms. The van der Waals surface area contributed by atoms with E-state index in [2.05, 4.69) is 6.92 Å². The maximum absolute atomic E-state index is 11.3. The minimum absolute atomic E-state index is 0.0394. The van der Waals surface area contributed by atoms with Gasteiger partial charge in [0.25, 0.3) is 0 Å². The van der Waals surface area contributed by atoms with Crippen LogP contribution in [0.15, 0.2) is 0 Å². The Morgan fingerprint density at radius 1 is 1.57 bits per heavy atom. The molecule has 1 fully saturated rings. The van der Waals surface area contributed by atoms with E-state index in [0.29, 0.717) is 11.8 Å². The first-order valence-electron chi connectivity index (χ1n) is 5.10. The van der Waals surface area contributed by atoms with Gasteiger partial charge in [-0.15, -0.1) is 11.6 Å². The molecule has 0 radical (unpaired) electrons. The number of amides is 1. The third-order valence-corrected chi connectivity index (χ3v) is 3.00. The first-order chi connectivity index (χ1) is 6.69. The summed E-state index contributed by atoms with van der Waals surface area (Å²) in [7, 11) is 0. The number of hydrogen-bond donors (Lipinski definition) is 0. The molecule has 0 aliphatic carbocycles. The van der Waals surface area contributed by atoms with Gasteiger partial charge >= 0.3 is 0 Å². The number of likely N-dealkylation sites (tertiary alicyclic amines) is 1. The van der Waals surface area contributed by atoms with Crippen LogP contribution >= 0.6 is 11.6 Å². The maximum Gasteiger partial charge on any atom is 0.237 e. The van der Waals surface area contributed by atoms with E-state index >= 15 is 0 Å². The molecule has 0 aromatic rings. The number of carbonyl (C=O) groups excluding carboxylic acids is 1. The minimum Gasteiger partial charge on any atom is -0.381 e. The molecule has 1 amide bonds. The number of rotatable bonds is 4. The molecule has 1 rings (SSSR count). The van der Waals surface area contributed by atoms with E-state index in [1.165, 1.54) is 0 Å². The fourth-order valence-electron chi connectivity index (χ4n) is 1.81. The van der Waals surface area contributed by atoms with Crippen LogP contribution in [-0.2, 0) is 9.53 Å². The second-order valence-electron chi connectivity index (χ2n) is 3.83. The van der Waals surface area contributed by atoms with Gasteiger partial charge in [-0.25, -0.2) is 0 Å². The molecule has 0 aromatic carbocycles. The van der Waals surface area contributed by atoms with Gasteiger partial charge in [0.05, 0.1) is 6.61 Å². The van der Waals surface area contributed by atoms with Crippen LogP contribution in [0.3, 0.4) is 0 Å². The van der Waals surface area contributed by atoms with Crippen molar-refractivity contribution >= 4 is 17.5 Å². The normalized spacial score (nSPS) is 26.9. The highest BCUT2D eigenvalue weighted by atomic mass is 35.5. The van der Waals surface area contributed by atoms with Crippen LogP contribution in [0.5, 0.6) is 0 Å². The molecule has 0 bridgehead atoms. The van der Waals surface area contributed by atoms with Crippen molar-refractivity contribution in [3.05, 3.63) is 0 Å². The highest BCUT2D eigenvalue weighted by Gasteiger charge is 2.31. The minimum atomic E-state index is 0.0394. The number of nitrogens with zero attached hydrogens (tertiary/aromatic N) is 1. The van der Waals surface area contributed by atoms with Gasteiger partial charge < -0.3 is 9.64 Å². The quantitative estimate of drug-likeness (QED) is 0.669. The Hall–Kier alpha value is -0.280. The van der Waals surface area contributed by atoms with E-state index in [-0.39, 0.29) is 11.8 Å². The van der Waals surface area contributed by atoms with Crippen molar-refractivity contribution in [1.82, 2.24) is 4.90 Å². The number of alkyl halides is 1. The molecule has 3 nitrogen and oxygen atoms in total. The lowest BCUT2D eigenvalue weighted by Crippen LogP contribution is -2.30. The Balaban J connectivity index is 2.39. The second-order valence-corrected chi connectivity index (χ2v) is 4.10. The van der Waals surface area contributed by atoms with E-state index in [4.69, 9.17) is 16.3 Å². The van der Waals surface area contributed by atoms with Gasteiger partial charge in [0.1, 0.15) is 5.88 Å². The van der Waals surface area contributed by atoms with Crippen LogP contribution in [0.25, 0.3) is 0 Å². The van der Waals surface area contributed by atoms with Crippen molar-refractivity contribution < 1.29 is 9.53 Å². The number of carbonyl (C=O) groups is 1. The lowest BCUT2D eigenvalue weighted by molar-refractivity contribution is -0.127. The predicted molar refractivity (Wildman–Crippen MR) is 56.4 cm³/mol. The fraction of sp³-hybridized carbons (Fsp3) is 0.900. The Morgan fingerprint density at radius 2 is 2.29 bits per heavy atom. The van der Waals surface area contributed by atoms with E-state index in [1.54, 1.807) is 0 Å². The van der Waals surface area contributed by atoms with E-state index < -0.39 is 0 Å². The van der Waals surface area contributed by atoms with Crippen molar-refractivity contribution in [2.45, 2.75) is 13.8 Å². The largest absolute Gasteiger partial charge is 0.381 e. The summed E-state index contributed by atoms with van der Waals surface area (Å²) < 4.78 is 5.38. The van der Waals surface area contributed by atoms with Gasteiger partial charge in [-0.05, 0) is 12.8 Å². The monoisotopic (exact) mass is 219 g/mol. The smallest absolute Gasteiger partial charge is 0.237 e. The lowest BCUT2D eigenvalue weighted by atomic mass is 9.99. The summed E-state index contributed by atoms with van der Waals surface area (Å²) in [5.41, 5.74) is 0. The predicted octanol–water partition coefficient (Wildman–Crippen LogP) is 1.36. The van der Waals surface area contributed by atoms with Crippen LogP contribution < -0.4 is 0 Å². The average Bonchev–Trinajstić information content (AvgIpc) is 2.56. The Bertz CT molecular complexity index is 199. The first-order valence-corrected chi connectivity index (χ1v) is 5.64. The topological polar surface area (TPSA) is 29.5 Å². The molecule has 0 saturated carbocycles. The van der Waals surface area contributed by atoms with Crippen molar-refractivity contribution in [2.75, 3.05) is 32.2 Å². The second kappa shape index (κ2) is 5.56. The highest BCUT2D eigenvalue weighted by molar-refractivity contribution is 6.27. The van der Waals surface area contributed by atoms with Crippen molar-refractivity contribution in [1.29, 1.82) is 0 Å². The molecule has 2 atom stereocenters. The van der Waals surface area contributed by atoms with Gasteiger partial charge in [-0.2, -0.15) is 0 Å². The molecule has 14 heavy (non-hydrogen) atoms. The molecular weight excluding hydrogens is 202 g/mol. The summed E-state index contributed by atoms with van der Waals surface area (Å²) in [6, 6.07) is 0. The Morgan fingerprint density at radius 3 is 2.86 bits per heavy atom. The van der Waals surface area contributed by atoms with Gasteiger partial charge in [-0.3, -0.25) is 4.79 Å². The standard InChI is InChI=1S/C10H18ClNO2/c1-3-14-7-9-6-12(5-8(9)2)10(13)4-11/h8-9H,3-7H2,1-2H3/t8-,9+/m1/s1. The van der Waals surface area contributed by atoms with Crippen LogP contribution in [-0.4, -0.2) is 43.0 Å². The molecule has 0 unspecified atom stereocenters. The summed E-state index contributed by atoms with van der Waals surface area (Å²) in [6.45, 7) is 7.26. The first kappa shape index (κ1) is 11.8.